The molecule has 0 bridgehead atoms. The number of hydrogen-bond acceptors (Lipinski definition) is 3. The number of para-hydroxylation sites is 1. The lowest BCUT2D eigenvalue weighted by molar-refractivity contribution is -0.143. The number of ether oxygens (including phenoxy) is 1. The minimum atomic E-state index is 0.000622. The summed E-state index contributed by atoms with van der Waals surface area (Å²) in [6.07, 6.45) is 6.54. The van der Waals surface area contributed by atoms with Crippen molar-refractivity contribution in [2.24, 2.45) is 5.92 Å². The van der Waals surface area contributed by atoms with Crippen LogP contribution in [0.2, 0.25) is 0 Å². The van der Waals surface area contributed by atoms with E-state index in [-0.39, 0.29) is 18.4 Å². The molecule has 0 radical (unpaired) electrons. The van der Waals surface area contributed by atoms with Crippen molar-refractivity contribution in [2.75, 3.05) is 32.8 Å². The summed E-state index contributed by atoms with van der Waals surface area (Å²) in [5, 5.41) is 0. The summed E-state index contributed by atoms with van der Waals surface area (Å²) in [5.41, 5.74) is 1.11. The van der Waals surface area contributed by atoms with E-state index in [0.717, 1.165) is 30.6 Å². The SMILES string of the molecule is CCc1ccccc1OCC(=O)N1CCN(C(=O)C2CCCCC2)CC1. The summed E-state index contributed by atoms with van der Waals surface area (Å²) >= 11 is 0. The lowest BCUT2D eigenvalue weighted by Gasteiger charge is -2.37. The maximum Gasteiger partial charge on any atom is 0.260 e. The Balaban J connectivity index is 1.45. The molecule has 142 valence electrons. The van der Waals surface area contributed by atoms with Crippen molar-refractivity contribution in [3.63, 3.8) is 0 Å². The van der Waals surface area contributed by atoms with Crippen LogP contribution in [-0.4, -0.2) is 54.4 Å². The average molecular weight is 358 g/mol. The highest BCUT2D eigenvalue weighted by Gasteiger charge is 2.29. The van der Waals surface area contributed by atoms with E-state index in [1.54, 1.807) is 0 Å². The van der Waals surface area contributed by atoms with Crippen LogP contribution in [0.25, 0.3) is 0 Å². The zero-order valence-corrected chi connectivity index (χ0v) is 15.8. The Kier molecular flexibility index (Phi) is 6.53. The van der Waals surface area contributed by atoms with E-state index < -0.39 is 0 Å². The topological polar surface area (TPSA) is 49.9 Å². The first kappa shape index (κ1) is 18.7. The molecule has 0 atom stereocenters. The Morgan fingerprint density at radius 3 is 2.35 bits per heavy atom. The van der Waals surface area contributed by atoms with Gasteiger partial charge in [0.05, 0.1) is 0 Å². The molecule has 1 aromatic carbocycles. The van der Waals surface area contributed by atoms with Gasteiger partial charge in [0.2, 0.25) is 5.91 Å². The summed E-state index contributed by atoms with van der Waals surface area (Å²) in [6.45, 7) is 4.64. The standard InChI is InChI=1S/C21H30N2O3/c1-2-17-8-6-7-11-19(17)26-16-20(24)22-12-14-23(15-13-22)21(25)18-9-4-3-5-10-18/h6-8,11,18H,2-5,9-10,12-16H2,1H3. The molecular formula is C21H30N2O3. The number of aryl methyl sites for hydroxylation is 1. The highest BCUT2D eigenvalue weighted by Crippen LogP contribution is 2.26. The van der Waals surface area contributed by atoms with Gasteiger partial charge in [0.1, 0.15) is 5.75 Å². The number of carbonyl (C=O) groups excluding carboxylic acids is 2. The van der Waals surface area contributed by atoms with Gasteiger partial charge in [0, 0.05) is 32.1 Å². The molecule has 0 spiro atoms. The molecule has 2 fully saturated rings. The zero-order chi connectivity index (χ0) is 18.4. The van der Waals surface area contributed by atoms with Gasteiger partial charge in [0.15, 0.2) is 6.61 Å². The summed E-state index contributed by atoms with van der Waals surface area (Å²) in [6, 6.07) is 7.84. The maximum absolute atomic E-state index is 12.6. The van der Waals surface area contributed by atoms with Gasteiger partial charge in [-0.3, -0.25) is 9.59 Å². The number of nitrogens with zero attached hydrogens (tertiary/aromatic N) is 2. The quantitative estimate of drug-likeness (QED) is 0.813. The third kappa shape index (κ3) is 4.57. The fourth-order valence-corrected chi connectivity index (χ4v) is 3.95. The maximum atomic E-state index is 12.6. The molecule has 1 saturated carbocycles. The Hall–Kier alpha value is -2.04. The van der Waals surface area contributed by atoms with Crippen molar-refractivity contribution in [3.05, 3.63) is 29.8 Å². The van der Waals surface area contributed by atoms with E-state index >= 15 is 0 Å². The lowest BCUT2D eigenvalue weighted by atomic mass is 9.88. The van der Waals surface area contributed by atoms with Crippen LogP contribution >= 0.6 is 0 Å². The van der Waals surface area contributed by atoms with Crippen LogP contribution < -0.4 is 4.74 Å². The normalized spacial score (nSPS) is 18.7. The van der Waals surface area contributed by atoms with Crippen molar-refractivity contribution >= 4 is 11.8 Å². The highest BCUT2D eigenvalue weighted by atomic mass is 16.5. The largest absolute Gasteiger partial charge is 0.483 e. The minimum Gasteiger partial charge on any atom is -0.483 e. The predicted octanol–water partition coefficient (Wildman–Crippen LogP) is 2.88. The number of benzene rings is 1. The molecule has 2 aliphatic rings. The number of carbonyl (C=O) groups is 2. The van der Waals surface area contributed by atoms with Gasteiger partial charge in [-0.25, -0.2) is 0 Å². The van der Waals surface area contributed by atoms with Gasteiger partial charge in [-0.05, 0) is 30.9 Å². The molecule has 26 heavy (non-hydrogen) atoms. The number of amides is 2. The third-order valence-electron chi connectivity index (χ3n) is 5.60. The third-order valence-corrected chi connectivity index (χ3v) is 5.60. The number of rotatable bonds is 5. The van der Waals surface area contributed by atoms with Crippen LogP contribution in [0.4, 0.5) is 0 Å². The minimum absolute atomic E-state index is 0.000622. The molecular weight excluding hydrogens is 328 g/mol. The van der Waals surface area contributed by atoms with E-state index in [9.17, 15) is 9.59 Å². The summed E-state index contributed by atoms with van der Waals surface area (Å²) in [7, 11) is 0. The van der Waals surface area contributed by atoms with Crippen molar-refractivity contribution < 1.29 is 14.3 Å². The first-order chi connectivity index (χ1) is 12.7. The van der Waals surface area contributed by atoms with Gasteiger partial charge in [0.25, 0.3) is 5.91 Å². The summed E-state index contributed by atoms with van der Waals surface area (Å²) in [4.78, 5) is 28.8. The molecule has 2 amide bonds. The number of hydrogen-bond donors (Lipinski definition) is 0. The zero-order valence-electron chi connectivity index (χ0n) is 15.8. The van der Waals surface area contributed by atoms with Gasteiger partial charge in [-0.15, -0.1) is 0 Å². The highest BCUT2D eigenvalue weighted by molar-refractivity contribution is 5.80. The molecule has 1 aromatic rings. The van der Waals surface area contributed by atoms with Crippen LogP contribution in [0.1, 0.15) is 44.6 Å². The monoisotopic (exact) mass is 358 g/mol. The van der Waals surface area contributed by atoms with Crippen LogP contribution in [0.3, 0.4) is 0 Å². The molecule has 1 saturated heterocycles. The fourth-order valence-electron chi connectivity index (χ4n) is 3.95. The molecule has 0 N–H and O–H groups in total. The molecule has 0 unspecified atom stereocenters. The van der Waals surface area contributed by atoms with Crippen molar-refractivity contribution in [3.8, 4) is 5.75 Å². The smallest absolute Gasteiger partial charge is 0.260 e. The second-order valence-electron chi connectivity index (χ2n) is 7.29. The van der Waals surface area contributed by atoms with Gasteiger partial charge in [-0.2, -0.15) is 0 Å². The Bertz CT molecular complexity index is 617. The molecule has 1 aliphatic heterocycles. The van der Waals surface area contributed by atoms with Gasteiger partial charge < -0.3 is 14.5 Å². The molecule has 3 rings (SSSR count). The molecule has 5 nitrogen and oxygen atoms in total. The van der Waals surface area contributed by atoms with E-state index in [0.29, 0.717) is 32.1 Å². The molecule has 1 aliphatic carbocycles. The van der Waals surface area contributed by atoms with Crippen LogP contribution in [0.15, 0.2) is 24.3 Å². The predicted molar refractivity (Wildman–Crippen MR) is 101 cm³/mol. The second kappa shape index (κ2) is 9.06. The first-order valence-corrected chi connectivity index (χ1v) is 9.96. The van der Waals surface area contributed by atoms with E-state index in [4.69, 9.17) is 4.74 Å². The Labute approximate surface area is 156 Å². The first-order valence-electron chi connectivity index (χ1n) is 9.96. The molecule has 0 aromatic heterocycles. The second-order valence-corrected chi connectivity index (χ2v) is 7.29. The summed E-state index contributed by atoms with van der Waals surface area (Å²) < 4.78 is 5.74. The average Bonchev–Trinajstić information content (AvgIpc) is 2.72. The van der Waals surface area contributed by atoms with Crippen molar-refractivity contribution in [1.29, 1.82) is 0 Å². The Morgan fingerprint density at radius 1 is 1.00 bits per heavy atom. The van der Waals surface area contributed by atoms with E-state index in [1.165, 1.54) is 19.3 Å². The van der Waals surface area contributed by atoms with Gasteiger partial charge in [-0.1, -0.05) is 44.4 Å². The number of piperazine rings is 1. The van der Waals surface area contributed by atoms with Crippen LogP contribution in [0.5, 0.6) is 5.75 Å². The van der Waals surface area contributed by atoms with E-state index in [1.807, 2.05) is 34.1 Å². The van der Waals surface area contributed by atoms with Gasteiger partial charge >= 0.3 is 0 Å². The summed E-state index contributed by atoms with van der Waals surface area (Å²) in [5.74, 6) is 1.29. The van der Waals surface area contributed by atoms with Crippen molar-refractivity contribution in [1.82, 2.24) is 9.80 Å². The Morgan fingerprint density at radius 2 is 1.65 bits per heavy atom. The molecule has 5 heteroatoms. The fraction of sp³-hybridized carbons (Fsp3) is 0.619. The van der Waals surface area contributed by atoms with E-state index in [2.05, 4.69) is 6.92 Å². The molecule has 1 heterocycles. The lowest BCUT2D eigenvalue weighted by Crippen LogP contribution is -2.53. The van der Waals surface area contributed by atoms with Crippen LogP contribution in [0, 0.1) is 5.92 Å². The van der Waals surface area contributed by atoms with Crippen LogP contribution in [-0.2, 0) is 16.0 Å². The van der Waals surface area contributed by atoms with Crippen molar-refractivity contribution in [2.45, 2.75) is 45.4 Å².